The van der Waals surface area contributed by atoms with E-state index >= 15 is 0 Å². The molecule has 1 aliphatic rings. The number of hydrogen-bond acceptors (Lipinski definition) is 8. The third kappa shape index (κ3) is 3.41. The van der Waals surface area contributed by atoms with E-state index in [9.17, 15) is 13.6 Å². The van der Waals surface area contributed by atoms with E-state index in [-0.39, 0.29) is 17.3 Å². The van der Waals surface area contributed by atoms with E-state index in [1.54, 1.807) is 29.0 Å². The summed E-state index contributed by atoms with van der Waals surface area (Å²) in [6.07, 6.45) is 6.13. The number of hydrogen-bond donors (Lipinski definition) is 1. The zero-order valence-electron chi connectivity index (χ0n) is 18.2. The van der Waals surface area contributed by atoms with Crippen LogP contribution in [0.15, 0.2) is 47.5 Å². The van der Waals surface area contributed by atoms with Crippen molar-refractivity contribution in [1.29, 1.82) is 0 Å². The van der Waals surface area contributed by atoms with Crippen LogP contribution in [0.4, 0.5) is 8.78 Å². The van der Waals surface area contributed by atoms with Crippen molar-refractivity contribution in [2.75, 3.05) is 13.7 Å². The van der Waals surface area contributed by atoms with Crippen LogP contribution in [0.25, 0.3) is 17.0 Å². The van der Waals surface area contributed by atoms with Crippen LogP contribution < -0.4 is 4.74 Å². The Kier molecular flexibility index (Phi) is 4.79. The van der Waals surface area contributed by atoms with Crippen molar-refractivity contribution in [3.8, 4) is 17.2 Å². The van der Waals surface area contributed by atoms with Gasteiger partial charge in [0.1, 0.15) is 17.3 Å². The van der Waals surface area contributed by atoms with Crippen LogP contribution >= 0.6 is 0 Å². The molecule has 0 unspecified atom stereocenters. The van der Waals surface area contributed by atoms with E-state index in [2.05, 4.69) is 30.4 Å². The monoisotopic (exact) mass is 481 g/mol. The maximum Gasteiger partial charge on any atom is 0.333 e. The average Bonchev–Trinajstić information content (AvgIpc) is 3.67. The van der Waals surface area contributed by atoms with Gasteiger partial charge in [-0.3, -0.25) is 4.79 Å². The summed E-state index contributed by atoms with van der Waals surface area (Å²) < 4.78 is 38.8. The fourth-order valence-corrected chi connectivity index (χ4v) is 4.21. The number of fused-ring (bicyclic) bond motifs is 2. The maximum absolute atomic E-state index is 13.5. The van der Waals surface area contributed by atoms with Gasteiger partial charge in [0.15, 0.2) is 0 Å². The molecule has 12 nitrogen and oxygen atoms in total. The molecule has 0 saturated carbocycles. The molecule has 35 heavy (non-hydrogen) atoms. The standard InChI is InChI=1S/C21H17F2N9O3/c1-34-15-3-2-5-31-14(15)7-13(29-31)17-16-12(24-10-25-16)4-6-30(17)20(33)19-28-27-18(35-19)11-8-26-32(9-11)21(22)23/h2-3,5,7-10,17,21H,4,6H2,1H3,(H,24,25)/t17-/m1/s1. The van der Waals surface area contributed by atoms with E-state index in [1.165, 1.54) is 0 Å². The lowest BCUT2D eigenvalue weighted by Crippen LogP contribution is -2.41. The van der Waals surface area contributed by atoms with E-state index < -0.39 is 18.5 Å². The molecule has 6 rings (SSSR count). The van der Waals surface area contributed by atoms with E-state index in [0.29, 0.717) is 34.8 Å². The molecule has 0 spiro atoms. The van der Waals surface area contributed by atoms with Crippen molar-refractivity contribution >= 4 is 11.4 Å². The first-order valence-electron chi connectivity index (χ1n) is 10.5. The lowest BCUT2D eigenvalue weighted by Gasteiger charge is -2.32. The van der Waals surface area contributed by atoms with Gasteiger partial charge in [0.05, 0.1) is 36.6 Å². The quantitative estimate of drug-likeness (QED) is 0.405. The Bertz CT molecular complexity index is 1540. The number of nitrogens with zero attached hydrogens (tertiary/aromatic N) is 8. The van der Waals surface area contributed by atoms with Crippen LogP contribution in [0.1, 0.15) is 40.4 Å². The molecule has 1 amide bonds. The number of rotatable bonds is 5. The summed E-state index contributed by atoms with van der Waals surface area (Å²) in [5, 5.41) is 15.9. The molecule has 1 atom stereocenters. The molecule has 0 saturated heterocycles. The van der Waals surface area contributed by atoms with Gasteiger partial charge >= 0.3 is 18.3 Å². The number of pyridine rings is 1. The molecule has 1 N–H and O–H groups in total. The van der Waals surface area contributed by atoms with Gasteiger partial charge in [-0.2, -0.15) is 19.0 Å². The molecular weight excluding hydrogens is 464 g/mol. The number of carbonyl (C=O) groups excluding carboxylic acids is 1. The number of ether oxygens (including phenoxy) is 1. The lowest BCUT2D eigenvalue weighted by atomic mass is 9.99. The van der Waals surface area contributed by atoms with E-state index in [0.717, 1.165) is 23.6 Å². The summed E-state index contributed by atoms with van der Waals surface area (Å²) in [4.78, 5) is 22.6. The van der Waals surface area contributed by atoms with Crippen molar-refractivity contribution < 1.29 is 22.7 Å². The Hall–Kier alpha value is -4.62. The second-order valence-electron chi connectivity index (χ2n) is 7.79. The van der Waals surface area contributed by atoms with Crippen molar-refractivity contribution in [3.63, 3.8) is 0 Å². The Morgan fingerprint density at radius 3 is 3.03 bits per heavy atom. The fourth-order valence-electron chi connectivity index (χ4n) is 4.21. The maximum atomic E-state index is 13.5. The number of amides is 1. The third-order valence-electron chi connectivity index (χ3n) is 5.82. The smallest absolute Gasteiger partial charge is 0.333 e. The summed E-state index contributed by atoms with van der Waals surface area (Å²) >= 11 is 0. The van der Waals surface area contributed by atoms with Crippen LogP contribution in [-0.4, -0.2) is 64.0 Å². The van der Waals surface area contributed by atoms with Gasteiger partial charge in [0.2, 0.25) is 0 Å². The van der Waals surface area contributed by atoms with Crippen LogP contribution in [0, 0.1) is 0 Å². The van der Waals surface area contributed by atoms with Gasteiger partial charge in [0.25, 0.3) is 5.89 Å². The molecule has 5 aromatic heterocycles. The highest BCUT2D eigenvalue weighted by Gasteiger charge is 2.38. The minimum absolute atomic E-state index is 0.0910. The number of aromatic amines is 1. The van der Waals surface area contributed by atoms with Crippen molar-refractivity contribution in [2.24, 2.45) is 0 Å². The highest BCUT2D eigenvalue weighted by molar-refractivity contribution is 5.90. The zero-order valence-corrected chi connectivity index (χ0v) is 18.2. The largest absolute Gasteiger partial charge is 0.494 e. The number of halogens is 2. The summed E-state index contributed by atoms with van der Waals surface area (Å²) in [5.74, 6) is -0.275. The number of aromatic nitrogens is 8. The van der Waals surface area contributed by atoms with Gasteiger partial charge in [-0.1, -0.05) is 0 Å². The topological polar surface area (TPSA) is 132 Å². The minimum atomic E-state index is -2.81. The van der Waals surface area contributed by atoms with Gasteiger partial charge in [0, 0.05) is 31.1 Å². The predicted octanol–water partition coefficient (Wildman–Crippen LogP) is 2.50. The minimum Gasteiger partial charge on any atom is -0.494 e. The molecule has 0 fully saturated rings. The summed E-state index contributed by atoms with van der Waals surface area (Å²) in [5.41, 5.74) is 3.04. The van der Waals surface area contributed by atoms with E-state index in [4.69, 9.17) is 9.15 Å². The van der Waals surface area contributed by atoms with Crippen LogP contribution in [-0.2, 0) is 6.42 Å². The summed E-state index contributed by atoms with van der Waals surface area (Å²) in [6, 6.07) is 4.84. The first-order valence-corrected chi connectivity index (χ1v) is 10.5. The molecule has 178 valence electrons. The van der Waals surface area contributed by atoms with Crippen LogP contribution in [0.3, 0.4) is 0 Å². The molecule has 1 aliphatic heterocycles. The zero-order chi connectivity index (χ0) is 24.1. The molecule has 14 heteroatoms. The second kappa shape index (κ2) is 8.00. The van der Waals surface area contributed by atoms with Gasteiger partial charge < -0.3 is 19.0 Å². The molecule has 5 aromatic rings. The summed E-state index contributed by atoms with van der Waals surface area (Å²) in [7, 11) is 1.57. The second-order valence-corrected chi connectivity index (χ2v) is 7.79. The highest BCUT2D eigenvalue weighted by Crippen LogP contribution is 2.35. The van der Waals surface area contributed by atoms with Gasteiger partial charge in [-0.15, -0.1) is 10.2 Å². The molecule has 6 heterocycles. The summed E-state index contributed by atoms with van der Waals surface area (Å²) in [6.45, 7) is -2.47. The predicted molar refractivity (Wildman–Crippen MR) is 114 cm³/mol. The van der Waals surface area contributed by atoms with Crippen molar-refractivity contribution in [3.05, 3.63) is 66.1 Å². The highest BCUT2D eigenvalue weighted by atomic mass is 19.3. The number of imidazole rings is 1. The molecule has 0 bridgehead atoms. The number of nitrogens with one attached hydrogen (secondary N) is 1. The average molecular weight is 481 g/mol. The normalized spacial score (nSPS) is 15.7. The van der Waals surface area contributed by atoms with Gasteiger partial charge in [-0.05, 0) is 18.2 Å². The number of carbonyl (C=O) groups is 1. The number of H-pyrrole nitrogens is 1. The molecular formula is C21H17F2N9O3. The Balaban J connectivity index is 1.38. The SMILES string of the molecule is COc1cccn2nc([C@@H]3c4nc[nH]c4CCN3C(=O)c3nnc(-c4cnn(C(F)F)c4)o3)cc12. The third-order valence-corrected chi connectivity index (χ3v) is 5.82. The number of alkyl halides is 2. The molecule has 0 aromatic carbocycles. The number of methoxy groups -OCH3 is 1. The molecule has 0 radical (unpaired) electrons. The van der Waals surface area contributed by atoms with E-state index in [1.807, 2.05) is 18.2 Å². The lowest BCUT2D eigenvalue weighted by molar-refractivity contribution is 0.0566. The molecule has 0 aliphatic carbocycles. The van der Waals surface area contributed by atoms with Crippen molar-refractivity contribution in [1.82, 2.24) is 44.5 Å². The Labute approximate surface area is 195 Å². The van der Waals surface area contributed by atoms with Crippen LogP contribution in [0.5, 0.6) is 5.75 Å². The Morgan fingerprint density at radius 1 is 1.34 bits per heavy atom. The van der Waals surface area contributed by atoms with Crippen LogP contribution in [0.2, 0.25) is 0 Å². The van der Waals surface area contributed by atoms with Crippen molar-refractivity contribution in [2.45, 2.75) is 19.0 Å². The first kappa shape index (κ1) is 20.9. The first-order chi connectivity index (χ1) is 17.0. The van der Waals surface area contributed by atoms with Gasteiger partial charge in [-0.25, -0.2) is 14.2 Å². The Morgan fingerprint density at radius 2 is 2.23 bits per heavy atom. The fraction of sp³-hybridized carbons (Fsp3) is 0.238.